The van der Waals surface area contributed by atoms with Crippen molar-refractivity contribution < 1.29 is 4.79 Å². The van der Waals surface area contributed by atoms with Crippen molar-refractivity contribution in [1.82, 2.24) is 15.0 Å². The summed E-state index contributed by atoms with van der Waals surface area (Å²) in [6.07, 6.45) is 5.86. The highest BCUT2D eigenvalue weighted by Gasteiger charge is 2.21. The number of primary amides is 1. The first-order valence-corrected chi connectivity index (χ1v) is 8.72. The summed E-state index contributed by atoms with van der Waals surface area (Å²) in [4.78, 5) is 26.3. The van der Waals surface area contributed by atoms with Crippen LogP contribution in [0, 0.1) is 0 Å². The van der Waals surface area contributed by atoms with Crippen molar-refractivity contribution in [2.45, 2.75) is 32.2 Å². The Kier molecular flexibility index (Phi) is 5.33. The van der Waals surface area contributed by atoms with Gasteiger partial charge in [0.25, 0.3) is 0 Å². The Morgan fingerprint density at radius 2 is 2.08 bits per heavy atom. The summed E-state index contributed by atoms with van der Waals surface area (Å²) < 4.78 is 0. The third-order valence-electron chi connectivity index (χ3n) is 4.36. The first-order valence-electron chi connectivity index (χ1n) is 8.34. The van der Waals surface area contributed by atoms with Gasteiger partial charge < -0.3 is 16.0 Å². The minimum atomic E-state index is -0.537. The summed E-state index contributed by atoms with van der Waals surface area (Å²) in [6, 6.07) is 3.86. The van der Waals surface area contributed by atoms with Crippen molar-refractivity contribution in [2.75, 3.05) is 23.3 Å². The number of nitrogens with zero attached hydrogens (tertiary/aromatic N) is 4. The second-order valence-electron chi connectivity index (χ2n) is 6.05. The highest BCUT2D eigenvalue weighted by atomic mass is 35.5. The fraction of sp³-hybridized carbons (Fsp3) is 0.412. The smallest absolute Gasteiger partial charge is 0.250 e. The van der Waals surface area contributed by atoms with Crippen molar-refractivity contribution in [3.8, 4) is 0 Å². The molecular formula is C17H21ClN6O. The number of aromatic nitrogens is 3. The molecule has 2 aromatic rings. The Morgan fingerprint density at radius 3 is 2.72 bits per heavy atom. The largest absolute Gasteiger partial charge is 0.366 e. The maximum Gasteiger partial charge on any atom is 0.250 e. The molecule has 1 aliphatic heterocycles. The van der Waals surface area contributed by atoms with Crippen LogP contribution in [0.4, 0.5) is 11.6 Å². The number of piperidine rings is 1. The molecule has 25 heavy (non-hydrogen) atoms. The highest BCUT2D eigenvalue weighted by Crippen LogP contribution is 2.24. The lowest BCUT2D eigenvalue weighted by atomic mass is 10.0. The van der Waals surface area contributed by atoms with E-state index >= 15 is 0 Å². The van der Waals surface area contributed by atoms with E-state index in [0.717, 1.165) is 43.9 Å². The van der Waals surface area contributed by atoms with E-state index in [1.807, 2.05) is 0 Å². The van der Waals surface area contributed by atoms with Gasteiger partial charge in [-0.1, -0.05) is 18.5 Å². The van der Waals surface area contributed by atoms with Gasteiger partial charge >= 0.3 is 0 Å². The molecule has 1 aliphatic rings. The molecule has 3 N–H and O–H groups in total. The normalized spacial score (nSPS) is 15.2. The lowest BCUT2D eigenvalue weighted by Gasteiger charge is -2.33. The van der Waals surface area contributed by atoms with Crippen molar-refractivity contribution in [1.29, 1.82) is 0 Å². The van der Waals surface area contributed by atoms with Crippen LogP contribution in [0.3, 0.4) is 0 Å². The van der Waals surface area contributed by atoms with Gasteiger partial charge in [0.05, 0.1) is 10.6 Å². The Hall–Kier alpha value is -2.41. The fourth-order valence-corrected chi connectivity index (χ4v) is 3.10. The summed E-state index contributed by atoms with van der Waals surface area (Å²) in [6.45, 7) is 3.88. The molecule has 8 heteroatoms. The number of nitrogens with one attached hydrogen (secondary N) is 1. The minimum Gasteiger partial charge on any atom is -0.366 e. The molecule has 0 aromatic carbocycles. The number of amides is 1. The van der Waals surface area contributed by atoms with Gasteiger partial charge in [-0.05, 0) is 25.3 Å². The standard InChI is InChI=1S/C17H21ClN6O/c1-2-12-8-15(22-10-21-12)24-5-3-13(4-6-24)23-17-14(18)7-11(9-20-17)16(19)25/h7-10,13H,2-6H2,1H3,(H2,19,25)(H,20,23). The first kappa shape index (κ1) is 17.4. The number of rotatable bonds is 5. The molecule has 2 aromatic heterocycles. The Morgan fingerprint density at radius 1 is 1.32 bits per heavy atom. The number of anilines is 2. The molecule has 0 aliphatic carbocycles. The van der Waals surface area contributed by atoms with E-state index in [-0.39, 0.29) is 6.04 Å². The molecule has 132 valence electrons. The average Bonchev–Trinajstić information content (AvgIpc) is 2.64. The quantitative estimate of drug-likeness (QED) is 0.848. The number of carbonyl (C=O) groups is 1. The Labute approximate surface area is 151 Å². The number of halogens is 1. The van der Waals surface area contributed by atoms with Crippen LogP contribution in [0.5, 0.6) is 0 Å². The Balaban J connectivity index is 1.60. The number of carbonyl (C=O) groups excluding carboxylic acids is 1. The van der Waals surface area contributed by atoms with Crippen molar-refractivity contribution in [2.24, 2.45) is 5.73 Å². The molecule has 3 rings (SSSR count). The van der Waals surface area contributed by atoms with E-state index in [2.05, 4.69) is 38.2 Å². The van der Waals surface area contributed by atoms with Gasteiger partial charge in [0.1, 0.15) is 18.0 Å². The molecule has 7 nitrogen and oxygen atoms in total. The number of hydrogen-bond acceptors (Lipinski definition) is 6. The molecule has 0 bridgehead atoms. The van der Waals surface area contributed by atoms with Crippen LogP contribution < -0.4 is 16.0 Å². The van der Waals surface area contributed by atoms with E-state index < -0.39 is 5.91 Å². The molecule has 0 radical (unpaired) electrons. The lowest BCUT2D eigenvalue weighted by Crippen LogP contribution is -2.39. The van der Waals surface area contributed by atoms with Crippen LogP contribution in [0.25, 0.3) is 0 Å². The third-order valence-corrected chi connectivity index (χ3v) is 4.65. The summed E-state index contributed by atoms with van der Waals surface area (Å²) in [7, 11) is 0. The summed E-state index contributed by atoms with van der Waals surface area (Å²) in [5.41, 5.74) is 6.59. The topological polar surface area (TPSA) is 97.0 Å². The van der Waals surface area contributed by atoms with Crippen molar-refractivity contribution in [3.63, 3.8) is 0 Å². The number of aryl methyl sites for hydroxylation is 1. The SMILES string of the molecule is CCc1cc(N2CCC(Nc3ncc(C(N)=O)cc3Cl)CC2)ncn1. The van der Waals surface area contributed by atoms with E-state index in [0.29, 0.717) is 16.4 Å². The average molecular weight is 361 g/mol. The van der Waals surface area contributed by atoms with E-state index in [1.54, 1.807) is 12.4 Å². The molecule has 0 saturated carbocycles. The van der Waals surface area contributed by atoms with E-state index in [4.69, 9.17) is 17.3 Å². The zero-order valence-electron chi connectivity index (χ0n) is 14.1. The maximum atomic E-state index is 11.2. The summed E-state index contributed by atoms with van der Waals surface area (Å²) in [5, 5.41) is 3.76. The Bertz CT molecular complexity index is 761. The van der Waals surface area contributed by atoms with Gasteiger partial charge in [-0.25, -0.2) is 15.0 Å². The predicted octanol–water partition coefficient (Wildman–Crippen LogP) is 2.27. The molecule has 0 atom stereocenters. The van der Waals surface area contributed by atoms with Gasteiger partial charge in [-0.15, -0.1) is 0 Å². The monoisotopic (exact) mass is 360 g/mol. The van der Waals surface area contributed by atoms with Crippen LogP contribution in [0.1, 0.15) is 35.8 Å². The summed E-state index contributed by atoms with van der Waals surface area (Å²) >= 11 is 6.19. The molecule has 1 amide bonds. The van der Waals surface area contributed by atoms with Gasteiger partial charge in [-0.2, -0.15) is 0 Å². The van der Waals surface area contributed by atoms with Crippen molar-refractivity contribution in [3.05, 3.63) is 40.9 Å². The maximum absolute atomic E-state index is 11.2. The van der Waals surface area contributed by atoms with Crippen LogP contribution in [-0.4, -0.2) is 40.0 Å². The van der Waals surface area contributed by atoms with E-state index in [9.17, 15) is 4.79 Å². The zero-order valence-corrected chi connectivity index (χ0v) is 14.8. The first-order chi connectivity index (χ1) is 12.1. The van der Waals surface area contributed by atoms with Gasteiger partial charge in [0, 0.05) is 37.1 Å². The van der Waals surface area contributed by atoms with Gasteiger partial charge in [-0.3, -0.25) is 4.79 Å². The van der Waals surface area contributed by atoms with E-state index in [1.165, 1.54) is 6.20 Å². The minimum absolute atomic E-state index is 0.271. The van der Waals surface area contributed by atoms with Crippen LogP contribution in [0.15, 0.2) is 24.7 Å². The predicted molar refractivity (Wildman–Crippen MR) is 98.0 cm³/mol. The second kappa shape index (κ2) is 7.65. The second-order valence-corrected chi connectivity index (χ2v) is 6.45. The molecule has 0 spiro atoms. The van der Waals surface area contributed by atoms with Gasteiger partial charge in [0.2, 0.25) is 5.91 Å². The summed E-state index contributed by atoms with van der Waals surface area (Å²) in [5.74, 6) is 1.03. The van der Waals surface area contributed by atoms with Crippen molar-refractivity contribution >= 4 is 29.1 Å². The fourth-order valence-electron chi connectivity index (χ4n) is 2.88. The number of nitrogens with two attached hydrogens (primary N) is 1. The molecule has 3 heterocycles. The lowest BCUT2D eigenvalue weighted by molar-refractivity contribution is 0.1000. The zero-order chi connectivity index (χ0) is 17.8. The molecule has 0 unspecified atom stereocenters. The molecule has 1 fully saturated rings. The highest BCUT2D eigenvalue weighted by molar-refractivity contribution is 6.33. The van der Waals surface area contributed by atoms with Crippen LogP contribution >= 0.6 is 11.6 Å². The third kappa shape index (κ3) is 4.17. The van der Waals surface area contributed by atoms with Crippen LogP contribution in [0.2, 0.25) is 5.02 Å². The van der Waals surface area contributed by atoms with Crippen LogP contribution in [-0.2, 0) is 6.42 Å². The molecular weight excluding hydrogens is 340 g/mol. The number of pyridine rings is 1. The number of hydrogen-bond donors (Lipinski definition) is 2. The van der Waals surface area contributed by atoms with Gasteiger partial charge in [0.15, 0.2) is 0 Å². The molecule has 1 saturated heterocycles.